The molecule has 0 unspecified atom stereocenters. The summed E-state index contributed by atoms with van der Waals surface area (Å²) in [7, 11) is 0. The monoisotopic (exact) mass is 317 g/mol. The number of hydrogen-bond donors (Lipinski definition) is 1. The Labute approximate surface area is 123 Å². The van der Waals surface area contributed by atoms with Crippen LogP contribution in [0.2, 0.25) is 15.2 Å². The lowest BCUT2D eigenvalue weighted by Gasteiger charge is -2.09. The second kappa shape index (κ2) is 5.61. The van der Waals surface area contributed by atoms with Crippen LogP contribution in [0.5, 0.6) is 0 Å². The van der Waals surface area contributed by atoms with Crippen LogP contribution in [0.25, 0.3) is 0 Å². The maximum absolute atomic E-state index is 10.9. The van der Waals surface area contributed by atoms with Crippen molar-refractivity contribution in [2.24, 2.45) is 0 Å². The first-order valence-corrected chi connectivity index (χ1v) is 6.14. The Morgan fingerprint density at radius 1 is 1.16 bits per heavy atom. The van der Waals surface area contributed by atoms with E-state index >= 15 is 0 Å². The number of aromatic nitrogens is 1. The molecule has 0 aliphatic rings. The van der Waals surface area contributed by atoms with E-state index in [-0.39, 0.29) is 21.7 Å². The second-order valence-electron chi connectivity index (χ2n) is 3.49. The molecule has 0 saturated carbocycles. The molecule has 1 aromatic carbocycles. The summed E-state index contributed by atoms with van der Waals surface area (Å²) in [6.07, 6.45) is 0. The molecule has 0 spiro atoms. The van der Waals surface area contributed by atoms with E-state index in [0.29, 0.717) is 10.7 Å². The van der Waals surface area contributed by atoms with Crippen LogP contribution in [0.15, 0.2) is 30.3 Å². The first-order valence-electron chi connectivity index (χ1n) is 5.01. The van der Waals surface area contributed by atoms with Gasteiger partial charge in [-0.3, -0.25) is 10.1 Å². The first kappa shape index (κ1) is 13.9. The minimum Gasteiger partial charge on any atom is -0.333 e. The van der Waals surface area contributed by atoms with Gasteiger partial charge in [-0.2, -0.15) is 0 Å². The van der Waals surface area contributed by atoms with Crippen LogP contribution < -0.4 is 5.32 Å². The molecule has 1 aromatic heterocycles. The lowest BCUT2D eigenvalue weighted by Crippen LogP contribution is -2.00. The summed E-state index contributed by atoms with van der Waals surface area (Å²) < 4.78 is 0. The average Bonchev–Trinajstić information content (AvgIpc) is 2.35. The topological polar surface area (TPSA) is 68.1 Å². The highest BCUT2D eigenvalue weighted by Crippen LogP contribution is 2.34. The van der Waals surface area contributed by atoms with Gasteiger partial charge in [0.25, 0.3) is 0 Å². The Balaban J connectivity index is 2.45. The normalized spacial score (nSPS) is 10.3. The molecule has 98 valence electrons. The number of anilines is 2. The zero-order valence-electron chi connectivity index (χ0n) is 9.23. The van der Waals surface area contributed by atoms with Crippen molar-refractivity contribution in [1.82, 2.24) is 4.98 Å². The SMILES string of the molecule is O=[N+]([O-])c1ccc(Cl)nc1Nc1cccc(Cl)c1Cl. The summed E-state index contributed by atoms with van der Waals surface area (Å²) in [4.78, 5) is 14.2. The Kier molecular flexibility index (Phi) is 4.09. The molecule has 1 heterocycles. The molecule has 2 rings (SSSR count). The smallest absolute Gasteiger partial charge is 0.311 e. The maximum atomic E-state index is 10.9. The number of benzene rings is 1. The highest BCUT2D eigenvalue weighted by molar-refractivity contribution is 6.43. The molecule has 0 bridgehead atoms. The van der Waals surface area contributed by atoms with Crippen LogP contribution in [0.4, 0.5) is 17.2 Å². The first-order chi connectivity index (χ1) is 8.99. The zero-order chi connectivity index (χ0) is 14.0. The third-order valence-corrected chi connectivity index (χ3v) is 3.27. The van der Waals surface area contributed by atoms with Crippen molar-refractivity contribution in [2.75, 3.05) is 5.32 Å². The molecule has 0 fully saturated rings. The molecule has 0 saturated heterocycles. The van der Waals surface area contributed by atoms with E-state index in [1.807, 2.05) is 0 Å². The van der Waals surface area contributed by atoms with Crippen molar-refractivity contribution in [3.63, 3.8) is 0 Å². The largest absolute Gasteiger partial charge is 0.333 e. The van der Waals surface area contributed by atoms with E-state index < -0.39 is 4.92 Å². The fraction of sp³-hybridized carbons (Fsp3) is 0. The van der Waals surface area contributed by atoms with Gasteiger partial charge in [0, 0.05) is 6.07 Å². The molecule has 2 aromatic rings. The lowest BCUT2D eigenvalue weighted by molar-refractivity contribution is -0.384. The second-order valence-corrected chi connectivity index (χ2v) is 4.66. The Morgan fingerprint density at radius 3 is 2.58 bits per heavy atom. The van der Waals surface area contributed by atoms with Gasteiger partial charge in [-0.1, -0.05) is 40.9 Å². The van der Waals surface area contributed by atoms with Crippen LogP contribution in [-0.2, 0) is 0 Å². The predicted octanol–water partition coefficient (Wildman–Crippen LogP) is 4.69. The predicted molar refractivity (Wildman–Crippen MR) is 75.6 cm³/mol. The molecule has 0 radical (unpaired) electrons. The van der Waals surface area contributed by atoms with Crippen LogP contribution in [0, 0.1) is 10.1 Å². The summed E-state index contributed by atoms with van der Waals surface area (Å²) in [5.74, 6) is 0.00154. The molecule has 0 aliphatic carbocycles. The van der Waals surface area contributed by atoms with Gasteiger partial charge in [0.05, 0.1) is 20.7 Å². The molecule has 0 atom stereocenters. The van der Waals surface area contributed by atoms with Gasteiger partial charge in [-0.05, 0) is 18.2 Å². The minimum atomic E-state index is -0.565. The third-order valence-electron chi connectivity index (χ3n) is 2.24. The van der Waals surface area contributed by atoms with Crippen LogP contribution in [0.3, 0.4) is 0 Å². The standard InChI is InChI=1S/C11H6Cl3N3O2/c12-6-2-1-3-7(10(6)14)15-11-8(17(18)19)4-5-9(13)16-11/h1-5H,(H,15,16). The lowest BCUT2D eigenvalue weighted by atomic mass is 10.3. The van der Waals surface area contributed by atoms with Gasteiger partial charge in [-0.25, -0.2) is 4.98 Å². The summed E-state index contributed by atoms with van der Waals surface area (Å²) in [5, 5.41) is 14.4. The van der Waals surface area contributed by atoms with Crippen molar-refractivity contribution in [2.45, 2.75) is 0 Å². The van der Waals surface area contributed by atoms with Crippen molar-refractivity contribution in [1.29, 1.82) is 0 Å². The molecule has 0 amide bonds. The maximum Gasteiger partial charge on any atom is 0.311 e. The zero-order valence-corrected chi connectivity index (χ0v) is 11.5. The highest BCUT2D eigenvalue weighted by Gasteiger charge is 2.17. The number of rotatable bonds is 3. The van der Waals surface area contributed by atoms with Gasteiger partial charge in [0.1, 0.15) is 5.15 Å². The molecule has 0 aliphatic heterocycles. The summed E-state index contributed by atoms with van der Waals surface area (Å²) >= 11 is 17.6. The number of nitrogens with zero attached hydrogens (tertiary/aromatic N) is 2. The van der Waals surface area contributed by atoms with Crippen LogP contribution in [-0.4, -0.2) is 9.91 Å². The van der Waals surface area contributed by atoms with E-state index in [1.165, 1.54) is 12.1 Å². The van der Waals surface area contributed by atoms with E-state index in [2.05, 4.69) is 10.3 Å². The van der Waals surface area contributed by atoms with E-state index in [4.69, 9.17) is 34.8 Å². The number of pyridine rings is 1. The van der Waals surface area contributed by atoms with E-state index in [9.17, 15) is 10.1 Å². The van der Waals surface area contributed by atoms with Crippen molar-refractivity contribution in [3.05, 3.63) is 55.6 Å². The number of nitrogens with one attached hydrogen (secondary N) is 1. The quantitative estimate of drug-likeness (QED) is 0.506. The van der Waals surface area contributed by atoms with Gasteiger partial charge in [0.15, 0.2) is 0 Å². The summed E-state index contributed by atoms with van der Waals surface area (Å²) in [6, 6.07) is 7.49. The van der Waals surface area contributed by atoms with Gasteiger partial charge in [0.2, 0.25) is 5.82 Å². The highest BCUT2D eigenvalue weighted by atomic mass is 35.5. The van der Waals surface area contributed by atoms with Crippen molar-refractivity contribution >= 4 is 52.0 Å². The average molecular weight is 319 g/mol. The van der Waals surface area contributed by atoms with Crippen LogP contribution in [0.1, 0.15) is 0 Å². The molecule has 1 N–H and O–H groups in total. The Hall–Kier alpha value is -1.56. The third kappa shape index (κ3) is 3.07. The van der Waals surface area contributed by atoms with Crippen LogP contribution >= 0.6 is 34.8 Å². The summed E-state index contributed by atoms with van der Waals surface area (Å²) in [5.41, 5.74) is 0.201. The molecular weight excluding hydrogens is 312 g/mol. The van der Waals surface area contributed by atoms with Crippen molar-refractivity contribution < 1.29 is 4.92 Å². The molecular formula is C11H6Cl3N3O2. The number of halogens is 3. The Morgan fingerprint density at radius 2 is 1.89 bits per heavy atom. The van der Waals surface area contributed by atoms with Crippen molar-refractivity contribution in [3.8, 4) is 0 Å². The molecule has 8 heteroatoms. The Bertz CT molecular complexity index is 649. The van der Waals surface area contributed by atoms with E-state index in [1.54, 1.807) is 18.2 Å². The fourth-order valence-electron chi connectivity index (χ4n) is 1.40. The fourth-order valence-corrected chi connectivity index (χ4v) is 1.89. The van der Waals surface area contributed by atoms with Gasteiger partial charge < -0.3 is 5.32 Å². The minimum absolute atomic E-state index is 0.00154. The number of nitro groups is 1. The van der Waals surface area contributed by atoms with Gasteiger partial charge in [-0.15, -0.1) is 0 Å². The molecule has 19 heavy (non-hydrogen) atoms. The van der Waals surface area contributed by atoms with Gasteiger partial charge >= 0.3 is 5.69 Å². The summed E-state index contributed by atoms with van der Waals surface area (Å²) in [6.45, 7) is 0. The number of hydrogen-bond acceptors (Lipinski definition) is 4. The molecule has 5 nitrogen and oxygen atoms in total. The van der Waals surface area contributed by atoms with E-state index in [0.717, 1.165) is 0 Å².